The van der Waals surface area contributed by atoms with Crippen LogP contribution in [0, 0.1) is 18.8 Å². The number of amides is 1. The zero-order valence-electron chi connectivity index (χ0n) is 16.2. The molecule has 1 amide bonds. The molecule has 7 heteroatoms. The molecule has 144 valence electrons. The second kappa shape index (κ2) is 8.54. The van der Waals surface area contributed by atoms with Gasteiger partial charge < -0.3 is 14.9 Å². The van der Waals surface area contributed by atoms with Gasteiger partial charge in [-0.05, 0) is 51.4 Å². The Labute approximate surface area is 160 Å². The van der Waals surface area contributed by atoms with Gasteiger partial charge in [0.15, 0.2) is 5.82 Å². The summed E-state index contributed by atoms with van der Waals surface area (Å²) in [6, 6.07) is 3.73. The molecule has 1 aliphatic heterocycles. The molecule has 2 atom stereocenters. The fraction of sp³-hybridized carbons (Fsp3) is 0.500. The topological polar surface area (TPSA) is 82.5 Å². The summed E-state index contributed by atoms with van der Waals surface area (Å²) in [5.74, 6) is 0.968. The number of aryl methyl sites for hydroxylation is 1. The van der Waals surface area contributed by atoms with Crippen LogP contribution in [-0.4, -0.2) is 76.1 Å². The van der Waals surface area contributed by atoms with E-state index in [0.29, 0.717) is 36.1 Å². The molecule has 1 fully saturated rings. The molecule has 3 heterocycles. The number of aromatic nitrogens is 3. The summed E-state index contributed by atoms with van der Waals surface area (Å²) >= 11 is 0. The van der Waals surface area contributed by atoms with Crippen LogP contribution < -0.4 is 0 Å². The first-order valence-corrected chi connectivity index (χ1v) is 9.26. The standard InChI is InChI=1S/C20H27N5O2/c1-14-18(9-22-19(23-14)17-5-4-6-21-8-17)20(27)25-11-15(10-24(2)3)7-16(12-25)13-26/h4-6,8-9,15-16,26H,7,10-13H2,1-3H3/t15-,16+/m0/s1. The molecule has 1 aliphatic rings. The van der Waals surface area contributed by atoms with Crippen molar-refractivity contribution >= 4 is 5.91 Å². The first-order chi connectivity index (χ1) is 13.0. The van der Waals surface area contributed by atoms with Gasteiger partial charge in [-0.1, -0.05) is 0 Å². The predicted molar refractivity (Wildman–Crippen MR) is 103 cm³/mol. The summed E-state index contributed by atoms with van der Waals surface area (Å²) in [6.45, 7) is 4.10. The van der Waals surface area contributed by atoms with Gasteiger partial charge in [0.1, 0.15) is 0 Å². The van der Waals surface area contributed by atoms with Crippen molar-refractivity contribution in [3.05, 3.63) is 42.0 Å². The van der Waals surface area contributed by atoms with Gasteiger partial charge in [-0.3, -0.25) is 9.78 Å². The zero-order chi connectivity index (χ0) is 19.4. The Morgan fingerprint density at radius 2 is 2.07 bits per heavy atom. The molecule has 27 heavy (non-hydrogen) atoms. The highest BCUT2D eigenvalue weighted by Gasteiger charge is 2.31. The first-order valence-electron chi connectivity index (χ1n) is 9.26. The van der Waals surface area contributed by atoms with Crippen LogP contribution in [0.25, 0.3) is 11.4 Å². The second-order valence-electron chi connectivity index (χ2n) is 7.56. The molecule has 0 spiro atoms. The zero-order valence-corrected chi connectivity index (χ0v) is 16.2. The van der Waals surface area contributed by atoms with Crippen molar-refractivity contribution in [2.24, 2.45) is 11.8 Å². The van der Waals surface area contributed by atoms with E-state index in [2.05, 4.69) is 19.9 Å². The van der Waals surface area contributed by atoms with Gasteiger partial charge in [-0.2, -0.15) is 0 Å². The minimum Gasteiger partial charge on any atom is -0.396 e. The van der Waals surface area contributed by atoms with Crippen LogP contribution in [0.5, 0.6) is 0 Å². The third-order valence-electron chi connectivity index (χ3n) is 4.92. The second-order valence-corrected chi connectivity index (χ2v) is 7.56. The highest BCUT2D eigenvalue weighted by molar-refractivity contribution is 5.95. The molecule has 7 nitrogen and oxygen atoms in total. The maximum Gasteiger partial charge on any atom is 0.257 e. The van der Waals surface area contributed by atoms with Crippen molar-refractivity contribution in [3.8, 4) is 11.4 Å². The van der Waals surface area contributed by atoms with Crippen LogP contribution in [0.2, 0.25) is 0 Å². The van der Waals surface area contributed by atoms with E-state index in [1.807, 2.05) is 38.1 Å². The number of aliphatic hydroxyl groups excluding tert-OH is 1. The van der Waals surface area contributed by atoms with Crippen molar-refractivity contribution in [1.29, 1.82) is 0 Å². The lowest BCUT2D eigenvalue weighted by Crippen LogP contribution is -2.47. The molecule has 1 N–H and O–H groups in total. The number of likely N-dealkylation sites (tertiary alicyclic amines) is 1. The molecule has 2 aromatic heterocycles. The van der Waals surface area contributed by atoms with E-state index in [1.165, 1.54) is 0 Å². The number of piperidine rings is 1. The third kappa shape index (κ3) is 4.67. The van der Waals surface area contributed by atoms with Gasteiger partial charge in [0, 0.05) is 50.4 Å². The molecule has 0 bridgehead atoms. The molecule has 0 aliphatic carbocycles. The molecule has 0 unspecified atom stereocenters. The lowest BCUT2D eigenvalue weighted by Gasteiger charge is -2.38. The van der Waals surface area contributed by atoms with Crippen molar-refractivity contribution in [1.82, 2.24) is 24.8 Å². The minimum atomic E-state index is -0.0628. The van der Waals surface area contributed by atoms with E-state index < -0.39 is 0 Å². The number of hydrogen-bond donors (Lipinski definition) is 1. The largest absolute Gasteiger partial charge is 0.396 e. The number of hydrogen-bond acceptors (Lipinski definition) is 6. The molecular weight excluding hydrogens is 342 g/mol. The van der Waals surface area contributed by atoms with Crippen molar-refractivity contribution in [3.63, 3.8) is 0 Å². The molecule has 0 radical (unpaired) electrons. The number of carbonyl (C=O) groups is 1. The molecule has 0 saturated carbocycles. The fourth-order valence-corrected chi connectivity index (χ4v) is 3.75. The predicted octanol–water partition coefficient (Wildman–Crippen LogP) is 1.48. The monoisotopic (exact) mass is 369 g/mol. The maximum atomic E-state index is 13.1. The summed E-state index contributed by atoms with van der Waals surface area (Å²) in [7, 11) is 4.06. The lowest BCUT2D eigenvalue weighted by atomic mass is 9.89. The van der Waals surface area contributed by atoms with Gasteiger partial charge in [-0.25, -0.2) is 9.97 Å². The van der Waals surface area contributed by atoms with E-state index >= 15 is 0 Å². The highest BCUT2D eigenvalue weighted by Crippen LogP contribution is 2.24. The van der Waals surface area contributed by atoms with Crippen molar-refractivity contribution in [2.75, 3.05) is 40.3 Å². The average molecular weight is 369 g/mol. The number of aliphatic hydroxyl groups is 1. The number of pyridine rings is 1. The number of carbonyl (C=O) groups excluding carboxylic acids is 1. The van der Waals surface area contributed by atoms with Crippen LogP contribution in [0.4, 0.5) is 0 Å². The van der Waals surface area contributed by atoms with E-state index in [-0.39, 0.29) is 18.4 Å². The Hall–Kier alpha value is -2.38. The fourth-order valence-electron chi connectivity index (χ4n) is 3.75. The quantitative estimate of drug-likeness (QED) is 0.860. The summed E-state index contributed by atoms with van der Waals surface area (Å²) in [6.07, 6.45) is 5.95. The van der Waals surface area contributed by atoms with Crippen LogP contribution in [-0.2, 0) is 0 Å². The Bertz CT molecular complexity index is 781. The lowest BCUT2D eigenvalue weighted by molar-refractivity contribution is 0.0476. The smallest absolute Gasteiger partial charge is 0.257 e. The SMILES string of the molecule is Cc1nc(-c2cccnc2)ncc1C(=O)N1C[C@H](CO)C[C@@H](CN(C)C)C1. The summed E-state index contributed by atoms with van der Waals surface area (Å²) < 4.78 is 0. The normalized spacial score (nSPS) is 20.1. The van der Waals surface area contributed by atoms with E-state index in [0.717, 1.165) is 18.5 Å². The van der Waals surface area contributed by atoms with Gasteiger partial charge in [-0.15, -0.1) is 0 Å². The summed E-state index contributed by atoms with van der Waals surface area (Å²) in [5.41, 5.74) is 2.00. The number of rotatable bonds is 5. The molecule has 0 aromatic carbocycles. The number of nitrogens with zero attached hydrogens (tertiary/aromatic N) is 5. The first kappa shape index (κ1) is 19.4. The van der Waals surface area contributed by atoms with Gasteiger partial charge in [0.05, 0.1) is 11.3 Å². The maximum absolute atomic E-state index is 13.1. The third-order valence-corrected chi connectivity index (χ3v) is 4.92. The summed E-state index contributed by atoms with van der Waals surface area (Å²) in [4.78, 5) is 30.0. The van der Waals surface area contributed by atoms with E-state index in [9.17, 15) is 9.90 Å². The van der Waals surface area contributed by atoms with Crippen LogP contribution in [0.3, 0.4) is 0 Å². The van der Waals surface area contributed by atoms with Crippen LogP contribution in [0.1, 0.15) is 22.5 Å². The van der Waals surface area contributed by atoms with Crippen LogP contribution in [0.15, 0.2) is 30.7 Å². The van der Waals surface area contributed by atoms with Crippen molar-refractivity contribution in [2.45, 2.75) is 13.3 Å². The van der Waals surface area contributed by atoms with Gasteiger partial charge >= 0.3 is 0 Å². The molecular formula is C20H27N5O2. The molecule has 3 rings (SSSR count). The van der Waals surface area contributed by atoms with Crippen LogP contribution >= 0.6 is 0 Å². The van der Waals surface area contributed by atoms with E-state index in [4.69, 9.17) is 0 Å². The molecule has 1 saturated heterocycles. The Morgan fingerprint density at radius 1 is 1.30 bits per heavy atom. The Balaban J connectivity index is 1.80. The average Bonchev–Trinajstić information content (AvgIpc) is 2.67. The molecule has 2 aromatic rings. The van der Waals surface area contributed by atoms with E-state index in [1.54, 1.807) is 18.6 Å². The highest BCUT2D eigenvalue weighted by atomic mass is 16.3. The summed E-state index contributed by atoms with van der Waals surface area (Å²) in [5, 5.41) is 9.65. The Kier molecular flexibility index (Phi) is 6.13. The van der Waals surface area contributed by atoms with Gasteiger partial charge in [0.2, 0.25) is 0 Å². The Morgan fingerprint density at radius 3 is 2.70 bits per heavy atom. The minimum absolute atomic E-state index is 0.0628. The van der Waals surface area contributed by atoms with Crippen molar-refractivity contribution < 1.29 is 9.90 Å². The van der Waals surface area contributed by atoms with Gasteiger partial charge in [0.25, 0.3) is 5.91 Å².